The number of hydrogen-bond donors (Lipinski definition) is 0. The molecule has 2 rings (SSSR count). The molecule has 66 valence electrons. The minimum absolute atomic E-state index is 0.375. The van der Waals surface area contributed by atoms with Crippen molar-refractivity contribution in [1.29, 1.82) is 0 Å². The van der Waals surface area contributed by atoms with Gasteiger partial charge in [0.05, 0.1) is 4.47 Å². The van der Waals surface area contributed by atoms with Gasteiger partial charge in [-0.05, 0) is 22.0 Å². The van der Waals surface area contributed by atoms with Gasteiger partial charge in [0.1, 0.15) is 11.5 Å². The molecular formula is C7H4BrClN4. The van der Waals surface area contributed by atoms with E-state index in [4.69, 9.17) is 11.6 Å². The molecule has 0 bridgehead atoms. The molecule has 4 nitrogen and oxygen atoms in total. The zero-order chi connectivity index (χ0) is 9.26. The minimum Gasteiger partial charge on any atom is -0.223 e. The first kappa shape index (κ1) is 8.65. The first-order valence-electron chi connectivity index (χ1n) is 3.45. The van der Waals surface area contributed by atoms with E-state index in [1.807, 2.05) is 6.07 Å². The Morgan fingerprint density at radius 1 is 1.38 bits per heavy atom. The summed E-state index contributed by atoms with van der Waals surface area (Å²) in [7, 11) is 0. The molecular weight excluding hydrogens is 255 g/mol. The third-order valence-corrected chi connectivity index (χ3v) is 2.70. The van der Waals surface area contributed by atoms with E-state index in [-0.39, 0.29) is 0 Å². The van der Waals surface area contributed by atoms with Crippen LogP contribution in [-0.2, 0) is 0 Å². The molecule has 0 amide bonds. The molecule has 2 heterocycles. The first-order valence-corrected chi connectivity index (χ1v) is 4.62. The molecule has 6 heteroatoms. The van der Waals surface area contributed by atoms with Crippen molar-refractivity contribution in [3.8, 4) is 5.82 Å². The van der Waals surface area contributed by atoms with Gasteiger partial charge in [-0.25, -0.2) is 14.6 Å². The third kappa shape index (κ3) is 1.57. The van der Waals surface area contributed by atoms with Crippen LogP contribution in [0.15, 0.2) is 29.3 Å². The van der Waals surface area contributed by atoms with Crippen molar-refractivity contribution in [2.45, 2.75) is 0 Å². The lowest BCUT2D eigenvalue weighted by atomic mass is 10.6. The third-order valence-electron chi connectivity index (χ3n) is 1.45. The van der Waals surface area contributed by atoms with E-state index in [0.29, 0.717) is 15.4 Å². The fraction of sp³-hybridized carbons (Fsp3) is 0. The quantitative estimate of drug-likeness (QED) is 0.737. The smallest absolute Gasteiger partial charge is 0.172 e. The summed E-state index contributed by atoms with van der Waals surface area (Å²) in [6.45, 7) is 0. The maximum Gasteiger partial charge on any atom is 0.172 e. The van der Waals surface area contributed by atoms with Gasteiger partial charge >= 0.3 is 0 Å². The van der Waals surface area contributed by atoms with E-state index in [0.717, 1.165) is 0 Å². The van der Waals surface area contributed by atoms with Gasteiger partial charge in [-0.3, -0.25) is 0 Å². The summed E-state index contributed by atoms with van der Waals surface area (Å²) in [5, 5.41) is 4.40. The maximum atomic E-state index is 5.79. The number of halogens is 2. The average molecular weight is 259 g/mol. The molecule has 0 atom stereocenters. The highest BCUT2D eigenvalue weighted by atomic mass is 79.9. The van der Waals surface area contributed by atoms with Crippen LogP contribution in [0.25, 0.3) is 5.82 Å². The number of rotatable bonds is 1. The van der Waals surface area contributed by atoms with Gasteiger partial charge in [0.25, 0.3) is 0 Å². The van der Waals surface area contributed by atoms with Gasteiger partial charge in [-0.2, -0.15) is 5.10 Å². The molecule has 0 N–H and O–H groups in total. The molecule has 0 aliphatic carbocycles. The standard InChI is InChI=1S/C7H4BrClN4/c8-5-6(9)10-4-11-7(5)13-3-1-2-12-13/h1-4H. The number of hydrogen-bond acceptors (Lipinski definition) is 3. The monoisotopic (exact) mass is 258 g/mol. The van der Waals surface area contributed by atoms with Crippen LogP contribution in [0, 0.1) is 0 Å². The van der Waals surface area contributed by atoms with Crippen LogP contribution >= 0.6 is 27.5 Å². The van der Waals surface area contributed by atoms with E-state index in [1.54, 1.807) is 17.1 Å². The molecule has 13 heavy (non-hydrogen) atoms. The summed E-state index contributed by atoms with van der Waals surface area (Å²) in [6, 6.07) is 1.81. The lowest BCUT2D eigenvalue weighted by Gasteiger charge is -2.02. The Kier molecular flexibility index (Phi) is 2.28. The fourth-order valence-corrected chi connectivity index (χ4v) is 1.41. The van der Waals surface area contributed by atoms with E-state index in [9.17, 15) is 0 Å². The van der Waals surface area contributed by atoms with Crippen molar-refractivity contribution in [2.24, 2.45) is 0 Å². The molecule has 0 aliphatic heterocycles. The van der Waals surface area contributed by atoms with Crippen molar-refractivity contribution >= 4 is 27.5 Å². The SMILES string of the molecule is Clc1ncnc(-n2cccn2)c1Br. The second-order valence-corrected chi connectivity index (χ2v) is 3.40. The molecule has 0 fully saturated rings. The highest BCUT2D eigenvalue weighted by Crippen LogP contribution is 2.24. The van der Waals surface area contributed by atoms with E-state index >= 15 is 0 Å². The molecule has 0 aliphatic rings. The van der Waals surface area contributed by atoms with Crippen molar-refractivity contribution in [3.63, 3.8) is 0 Å². The van der Waals surface area contributed by atoms with Gasteiger partial charge in [-0.15, -0.1) is 0 Å². The summed E-state index contributed by atoms with van der Waals surface area (Å²) in [5.74, 6) is 0.630. The lowest BCUT2D eigenvalue weighted by molar-refractivity contribution is 0.833. The zero-order valence-electron chi connectivity index (χ0n) is 6.35. The summed E-state index contributed by atoms with van der Waals surface area (Å²) in [6.07, 6.45) is 4.84. The van der Waals surface area contributed by atoms with Crippen LogP contribution in [0.2, 0.25) is 5.15 Å². The van der Waals surface area contributed by atoms with Gasteiger partial charge in [0.2, 0.25) is 0 Å². The summed E-state index contributed by atoms with van der Waals surface area (Å²) < 4.78 is 2.25. The molecule has 0 unspecified atom stereocenters. The Balaban J connectivity index is 2.59. The van der Waals surface area contributed by atoms with E-state index in [1.165, 1.54) is 6.33 Å². The lowest BCUT2D eigenvalue weighted by Crippen LogP contribution is -1.99. The first-order chi connectivity index (χ1) is 6.29. The Labute approximate surface area is 87.7 Å². The molecule has 2 aromatic heterocycles. The summed E-state index contributed by atoms with van der Waals surface area (Å²) >= 11 is 9.08. The van der Waals surface area contributed by atoms with Gasteiger partial charge in [0.15, 0.2) is 5.82 Å². The second-order valence-electron chi connectivity index (χ2n) is 2.25. The predicted octanol–water partition coefficient (Wildman–Crippen LogP) is 2.08. The van der Waals surface area contributed by atoms with Crippen LogP contribution in [0.4, 0.5) is 0 Å². The molecule has 2 aromatic rings. The number of aromatic nitrogens is 4. The highest BCUT2D eigenvalue weighted by Gasteiger charge is 2.07. The van der Waals surface area contributed by atoms with Crippen LogP contribution in [0.3, 0.4) is 0 Å². The normalized spacial score (nSPS) is 10.3. The van der Waals surface area contributed by atoms with Gasteiger partial charge in [-0.1, -0.05) is 11.6 Å². The number of nitrogens with zero attached hydrogens (tertiary/aromatic N) is 4. The fourth-order valence-electron chi connectivity index (χ4n) is 0.894. The Hall–Kier alpha value is -0.940. The molecule has 0 saturated carbocycles. The zero-order valence-corrected chi connectivity index (χ0v) is 8.70. The van der Waals surface area contributed by atoms with Crippen molar-refractivity contribution in [2.75, 3.05) is 0 Å². The van der Waals surface area contributed by atoms with Crippen molar-refractivity contribution < 1.29 is 0 Å². The maximum absolute atomic E-state index is 5.79. The van der Waals surface area contributed by atoms with Gasteiger partial charge < -0.3 is 0 Å². The van der Waals surface area contributed by atoms with E-state index in [2.05, 4.69) is 31.0 Å². The topological polar surface area (TPSA) is 43.6 Å². The Morgan fingerprint density at radius 2 is 2.23 bits per heavy atom. The minimum atomic E-state index is 0.375. The van der Waals surface area contributed by atoms with Crippen molar-refractivity contribution in [3.05, 3.63) is 34.4 Å². The molecule has 0 spiro atoms. The van der Waals surface area contributed by atoms with Crippen molar-refractivity contribution in [1.82, 2.24) is 19.7 Å². The summed E-state index contributed by atoms with van der Waals surface area (Å²) in [5.41, 5.74) is 0. The molecule has 0 aromatic carbocycles. The Bertz CT molecular complexity index is 414. The molecule has 0 radical (unpaired) electrons. The second kappa shape index (κ2) is 3.43. The average Bonchev–Trinajstić information content (AvgIpc) is 2.62. The predicted molar refractivity (Wildman–Crippen MR) is 51.9 cm³/mol. The highest BCUT2D eigenvalue weighted by molar-refractivity contribution is 9.10. The van der Waals surface area contributed by atoms with Gasteiger partial charge in [0, 0.05) is 12.4 Å². The van der Waals surface area contributed by atoms with Crippen LogP contribution in [-0.4, -0.2) is 19.7 Å². The van der Waals surface area contributed by atoms with E-state index < -0.39 is 0 Å². The largest absolute Gasteiger partial charge is 0.223 e. The summed E-state index contributed by atoms with van der Waals surface area (Å²) in [4.78, 5) is 7.86. The van der Waals surface area contributed by atoms with Crippen LogP contribution in [0.5, 0.6) is 0 Å². The molecule has 0 saturated heterocycles. The van der Waals surface area contributed by atoms with Crippen LogP contribution in [0.1, 0.15) is 0 Å². The Morgan fingerprint density at radius 3 is 2.92 bits per heavy atom. The van der Waals surface area contributed by atoms with Crippen LogP contribution < -0.4 is 0 Å².